The quantitative estimate of drug-likeness (QED) is 0.176. The molecule has 43 heavy (non-hydrogen) atoms. The first-order valence-electron chi connectivity index (χ1n) is 12.5. The number of hydrogen-bond donors (Lipinski definition) is 2. The normalized spacial score (nSPS) is 13.4. The molecule has 2 unspecified atom stereocenters. The Balaban J connectivity index is 2.24. The van der Waals surface area contributed by atoms with Crippen LogP contribution in [0.2, 0.25) is 0 Å². The van der Waals surface area contributed by atoms with Gasteiger partial charge in [0.25, 0.3) is 0 Å². The number of carbonyl (C=O) groups excluding carboxylic acids is 2. The third-order valence-electron chi connectivity index (χ3n) is 5.82. The molecule has 2 atom stereocenters. The fourth-order valence-electron chi connectivity index (χ4n) is 3.66. The average Bonchev–Trinajstić information content (AvgIpc) is 2.92. The Hall–Kier alpha value is -4.04. The predicted octanol–water partition coefficient (Wildman–Crippen LogP) is 4.82. The number of aliphatic hydroxyl groups excluding tert-OH is 2. The van der Waals surface area contributed by atoms with Gasteiger partial charge < -0.3 is 29.2 Å². The standard InChI is InChI=1S/C29H30F6O8/c1-17(2)25(38)42-15-21(36)13-40-23-9-5-19(6-10-23)27(28(30,31)32,29(33,34)35)20-7-11-24(12-8-20)41-14-22(37)16-43-26(39)18(3)4/h5-12,21-22,36-37H,1,3,13-16H2,2,4H3. The first kappa shape index (κ1) is 35.2. The van der Waals surface area contributed by atoms with Crippen LogP contribution in [0.4, 0.5) is 26.3 Å². The lowest BCUT2D eigenvalue weighted by molar-refractivity contribution is -0.288. The largest absolute Gasteiger partial charge is 0.491 e. The van der Waals surface area contributed by atoms with Crippen LogP contribution in [0.5, 0.6) is 11.5 Å². The zero-order valence-electron chi connectivity index (χ0n) is 23.1. The molecule has 2 rings (SSSR count). The first-order chi connectivity index (χ1) is 19.9. The molecule has 0 aliphatic rings. The van der Waals surface area contributed by atoms with Gasteiger partial charge in [0.05, 0.1) is 0 Å². The summed E-state index contributed by atoms with van der Waals surface area (Å²) in [6, 6.07) is 5.96. The van der Waals surface area contributed by atoms with Crippen LogP contribution in [0.15, 0.2) is 72.8 Å². The van der Waals surface area contributed by atoms with Crippen LogP contribution in [-0.4, -0.2) is 73.1 Å². The fraction of sp³-hybridized carbons (Fsp3) is 0.379. The number of alkyl halides is 6. The molecular weight excluding hydrogens is 590 g/mol. The van der Waals surface area contributed by atoms with Crippen molar-refractivity contribution in [2.24, 2.45) is 0 Å². The Morgan fingerprint density at radius 1 is 0.651 bits per heavy atom. The molecule has 0 heterocycles. The SMILES string of the molecule is C=C(C)C(=O)OCC(O)COc1ccc(C(c2ccc(OCC(O)COC(=O)C(=C)C)cc2)(C(F)(F)F)C(F)(F)F)cc1. The molecule has 0 aromatic heterocycles. The maximum atomic E-state index is 14.4. The highest BCUT2D eigenvalue weighted by molar-refractivity contribution is 5.87. The molecular formula is C29H30F6O8. The number of ether oxygens (including phenoxy) is 4. The number of aliphatic hydroxyl groups is 2. The van der Waals surface area contributed by atoms with Crippen LogP contribution in [0.25, 0.3) is 0 Å². The van der Waals surface area contributed by atoms with Gasteiger partial charge in [-0.3, -0.25) is 0 Å². The van der Waals surface area contributed by atoms with Crippen LogP contribution in [0.3, 0.4) is 0 Å². The van der Waals surface area contributed by atoms with Crippen LogP contribution in [0.1, 0.15) is 25.0 Å². The van der Waals surface area contributed by atoms with Crippen LogP contribution in [-0.2, 0) is 24.5 Å². The minimum atomic E-state index is -5.84. The average molecular weight is 621 g/mol. The fourth-order valence-corrected chi connectivity index (χ4v) is 3.66. The molecule has 0 bridgehead atoms. The van der Waals surface area contributed by atoms with Gasteiger partial charge >= 0.3 is 24.3 Å². The van der Waals surface area contributed by atoms with E-state index in [9.17, 15) is 46.1 Å². The molecule has 0 radical (unpaired) electrons. The van der Waals surface area contributed by atoms with Gasteiger partial charge in [-0.2, -0.15) is 26.3 Å². The van der Waals surface area contributed by atoms with Gasteiger partial charge in [-0.15, -0.1) is 0 Å². The van der Waals surface area contributed by atoms with Crippen molar-refractivity contribution < 1.29 is 65.1 Å². The van der Waals surface area contributed by atoms with Crippen molar-refractivity contribution in [1.82, 2.24) is 0 Å². The van der Waals surface area contributed by atoms with Crippen molar-refractivity contribution in [3.05, 3.63) is 84.0 Å². The highest BCUT2D eigenvalue weighted by Gasteiger charge is 2.72. The maximum absolute atomic E-state index is 14.4. The Morgan fingerprint density at radius 2 is 0.953 bits per heavy atom. The number of hydrogen-bond acceptors (Lipinski definition) is 8. The molecule has 2 N–H and O–H groups in total. The molecule has 0 spiro atoms. The van der Waals surface area contributed by atoms with Crippen molar-refractivity contribution in [3.63, 3.8) is 0 Å². The zero-order valence-corrected chi connectivity index (χ0v) is 23.1. The van der Waals surface area contributed by atoms with Crippen molar-refractivity contribution in [1.29, 1.82) is 0 Å². The number of esters is 2. The second kappa shape index (κ2) is 14.4. The number of carbonyl (C=O) groups is 2. The lowest BCUT2D eigenvalue weighted by atomic mass is 9.73. The number of halogens is 6. The molecule has 2 aromatic rings. The van der Waals surface area contributed by atoms with E-state index in [-0.39, 0.29) is 22.6 Å². The third-order valence-corrected chi connectivity index (χ3v) is 5.82. The highest BCUT2D eigenvalue weighted by atomic mass is 19.4. The van der Waals surface area contributed by atoms with E-state index in [1.807, 2.05) is 0 Å². The maximum Gasteiger partial charge on any atom is 0.411 e. The molecule has 0 saturated heterocycles. The smallest absolute Gasteiger partial charge is 0.411 e. The van der Waals surface area contributed by atoms with E-state index in [4.69, 9.17) is 18.9 Å². The number of benzene rings is 2. The lowest BCUT2D eigenvalue weighted by Gasteiger charge is -2.38. The molecule has 14 heteroatoms. The summed E-state index contributed by atoms with van der Waals surface area (Å²) in [5.74, 6) is -1.83. The Bertz CT molecular complexity index is 1170. The minimum absolute atomic E-state index is 0.0845. The minimum Gasteiger partial charge on any atom is -0.491 e. The van der Waals surface area contributed by atoms with E-state index in [2.05, 4.69) is 13.2 Å². The van der Waals surface area contributed by atoms with Gasteiger partial charge in [-0.1, -0.05) is 37.4 Å². The van der Waals surface area contributed by atoms with Gasteiger partial charge in [-0.05, 0) is 49.2 Å². The summed E-state index contributed by atoms with van der Waals surface area (Å²) in [7, 11) is 0. The zero-order chi connectivity index (χ0) is 32.6. The molecule has 0 aliphatic carbocycles. The summed E-state index contributed by atoms with van der Waals surface area (Å²) in [6.07, 6.45) is -14.4. The second-order valence-electron chi connectivity index (χ2n) is 9.48. The molecule has 0 aliphatic heterocycles. The van der Waals surface area contributed by atoms with E-state index in [0.717, 1.165) is 24.3 Å². The molecule has 0 fully saturated rings. The first-order valence-corrected chi connectivity index (χ1v) is 12.5. The van der Waals surface area contributed by atoms with E-state index < -0.39 is 79.5 Å². The van der Waals surface area contributed by atoms with Crippen LogP contribution >= 0.6 is 0 Å². The van der Waals surface area contributed by atoms with Gasteiger partial charge in [0.2, 0.25) is 5.41 Å². The van der Waals surface area contributed by atoms with Gasteiger partial charge in [-0.25, -0.2) is 9.59 Å². The van der Waals surface area contributed by atoms with Crippen molar-refractivity contribution in [2.75, 3.05) is 26.4 Å². The Kier molecular flexibility index (Phi) is 11.8. The summed E-state index contributed by atoms with van der Waals surface area (Å²) in [5.41, 5.74) is -6.58. The highest BCUT2D eigenvalue weighted by Crippen LogP contribution is 2.56. The molecule has 236 valence electrons. The summed E-state index contributed by atoms with van der Waals surface area (Å²) < 4.78 is 106. The summed E-state index contributed by atoms with van der Waals surface area (Å²) in [4.78, 5) is 22.8. The van der Waals surface area contributed by atoms with Crippen LogP contribution < -0.4 is 9.47 Å². The van der Waals surface area contributed by atoms with E-state index in [0.29, 0.717) is 24.3 Å². The van der Waals surface area contributed by atoms with Crippen molar-refractivity contribution >= 4 is 11.9 Å². The molecule has 8 nitrogen and oxygen atoms in total. The molecule has 2 aromatic carbocycles. The van der Waals surface area contributed by atoms with E-state index >= 15 is 0 Å². The summed E-state index contributed by atoms with van der Waals surface area (Å²) >= 11 is 0. The monoisotopic (exact) mass is 620 g/mol. The van der Waals surface area contributed by atoms with Gasteiger partial charge in [0.15, 0.2) is 0 Å². The molecule has 0 amide bonds. The van der Waals surface area contributed by atoms with Crippen molar-refractivity contribution in [2.45, 2.75) is 43.8 Å². The lowest BCUT2D eigenvalue weighted by Crippen LogP contribution is -2.54. The summed E-state index contributed by atoms with van der Waals surface area (Å²) in [6.45, 7) is 7.61. The van der Waals surface area contributed by atoms with Gasteiger partial charge in [0.1, 0.15) is 50.1 Å². The molecule has 0 saturated carbocycles. The second-order valence-corrected chi connectivity index (χ2v) is 9.48. The topological polar surface area (TPSA) is 112 Å². The third kappa shape index (κ3) is 8.97. The summed E-state index contributed by atoms with van der Waals surface area (Å²) in [5, 5.41) is 19.7. The predicted molar refractivity (Wildman–Crippen MR) is 140 cm³/mol. The Labute approximate surface area is 243 Å². The van der Waals surface area contributed by atoms with Gasteiger partial charge in [0, 0.05) is 11.1 Å². The van der Waals surface area contributed by atoms with E-state index in [1.165, 1.54) is 13.8 Å². The number of rotatable bonds is 14. The van der Waals surface area contributed by atoms with E-state index in [1.54, 1.807) is 0 Å². The van der Waals surface area contributed by atoms with Crippen LogP contribution in [0, 0.1) is 0 Å². The Morgan fingerprint density at radius 3 is 1.21 bits per heavy atom. The van der Waals surface area contributed by atoms with Crippen molar-refractivity contribution in [3.8, 4) is 11.5 Å².